The summed E-state index contributed by atoms with van der Waals surface area (Å²) in [5, 5.41) is 0.234. The van der Waals surface area contributed by atoms with E-state index in [9.17, 15) is 12.3 Å². The third-order valence-corrected chi connectivity index (χ3v) is 2.89. The third-order valence-electron chi connectivity index (χ3n) is 1.99. The Labute approximate surface area is 80.2 Å². The second kappa shape index (κ2) is 2.78. The van der Waals surface area contributed by atoms with Crippen LogP contribution in [-0.2, 0) is 17.3 Å². The Balaban J connectivity index is 2.89. The molecule has 2 aromatic heterocycles. The first kappa shape index (κ1) is 9.14. The molecule has 0 unspecified atom stereocenters. The van der Waals surface area contributed by atoms with E-state index in [0.29, 0.717) is 11.0 Å². The van der Waals surface area contributed by atoms with Crippen molar-refractivity contribution in [1.29, 1.82) is 0 Å². The fraction of sp³-hybridized carbons (Fsp3) is 0.125. The normalized spacial score (nSPS) is 12.1. The molecular weight excluding hydrogens is 207 g/mol. The van der Waals surface area contributed by atoms with Gasteiger partial charge in [0, 0.05) is 18.6 Å². The van der Waals surface area contributed by atoms with Gasteiger partial charge in [-0.2, -0.15) is 8.42 Å². The van der Waals surface area contributed by atoms with Crippen LogP contribution in [0.4, 0.5) is 3.89 Å². The Morgan fingerprint density at radius 2 is 2.21 bits per heavy atom. The summed E-state index contributed by atoms with van der Waals surface area (Å²) >= 11 is 0. The van der Waals surface area contributed by atoms with Crippen molar-refractivity contribution in [2.45, 2.75) is 5.03 Å². The van der Waals surface area contributed by atoms with E-state index < -0.39 is 10.2 Å². The molecule has 2 heterocycles. The second-order valence-electron chi connectivity index (χ2n) is 2.90. The Morgan fingerprint density at radius 3 is 2.79 bits per heavy atom. The van der Waals surface area contributed by atoms with Crippen molar-refractivity contribution >= 4 is 21.3 Å². The number of aryl methyl sites for hydroxylation is 1. The standard InChI is InChI=1S/C8H7FN2O2S/c1-11-7(14(9,12)13)5-6-3-2-4-10-8(6)11/h2-5H,1H3. The van der Waals surface area contributed by atoms with Gasteiger partial charge < -0.3 is 4.57 Å². The van der Waals surface area contributed by atoms with E-state index in [1.807, 2.05) is 0 Å². The first-order valence-electron chi connectivity index (χ1n) is 3.85. The molecule has 0 N–H and O–H groups in total. The molecule has 0 radical (unpaired) electrons. The van der Waals surface area contributed by atoms with Crippen LogP contribution >= 0.6 is 0 Å². The van der Waals surface area contributed by atoms with E-state index in [4.69, 9.17) is 0 Å². The Kier molecular flexibility index (Phi) is 1.81. The van der Waals surface area contributed by atoms with E-state index in [0.717, 1.165) is 0 Å². The van der Waals surface area contributed by atoms with Gasteiger partial charge in [0.2, 0.25) is 0 Å². The van der Waals surface area contributed by atoms with Crippen LogP contribution in [0.2, 0.25) is 0 Å². The maximum atomic E-state index is 12.7. The first-order valence-corrected chi connectivity index (χ1v) is 5.23. The minimum Gasteiger partial charge on any atom is -0.317 e. The minimum absolute atomic E-state index is 0.369. The summed E-state index contributed by atoms with van der Waals surface area (Å²) in [5.74, 6) is 0. The summed E-state index contributed by atoms with van der Waals surface area (Å²) in [4.78, 5) is 3.95. The topological polar surface area (TPSA) is 52.0 Å². The Morgan fingerprint density at radius 1 is 1.50 bits per heavy atom. The van der Waals surface area contributed by atoms with Crippen molar-refractivity contribution in [3.05, 3.63) is 24.4 Å². The fourth-order valence-corrected chi connectivity index (χ4v) is 2.05. The Hall–Kier alpha value is -1.43. The molecule has 0 bridgehead atoms. The molecule has 0 spiro atoms. The molecule has 0 saturated heterocycles. The van der Waals surface area contributed by atoms with Gasteiger partial charge in [-0.25, -0.2) is 4.98 Å². The van der Waals surface area contributed by atoms with Crippen molar-refractivity contribution in [2.75, 3.05) is 0 Å². The second-order valence-corrected chi connectivity index (χ2v) is 4.19. The average molecular weight is 214 g/mol. The minimum atomic E-state index is -4.67. The predicted octanol–water partition coefficient (Wildman–Crippen LogP) is 1.23. The molecule has 0 aliphatic carbocycles. The van der Waals surface area contributed by atoms with Gasteiger partial charge in [-0.15, -0.1) is 0 Å². The molecule has 0 atom stereocenters. The first-order chi connectivity index (χ1) is 6.50. The van der Waals surface area contributed by atoms with E-state index in [-0.39, 0.29) is 5.03 Å². The monoisotopic (exact) mass is 214 g/mol. The van der Waals surface area contributed by atoms with E-state index in [1.165, 1.54) is 23.9 Å². The molecule has 0 aromatic carbocycles. The zero-order chi connectivity index (χ0) is 10.3. The van der Waals surface area contributed by atoms with Gasteiger partial charge in [0.1, 0.15) is 5.65 Å². The van der Waals surface area contributed by atoms with Gasteiger partial charge in [-0.05, 0) is 18.2 Å². The lowest BCUT2D eigenvalue weighted by atomic mass is 10.3. The van der Waals surface area contributed by atoms with E-state index in [2.05, 4.69) is 4.98 Å². The molecule has 0 saturated carbocycles. The van der Waals surface area contributed by atoms with E-state index >= 15 is 0 Å². The molecular formula is C8H7FN2O2S. The lowest BCUT2D eigenvalue weighted by molar-refractivity contribution is 0.542. The smallest absolute Gasteiger partial charge is 0.317 e. The number of nitrogens with zero attached hydrogens (tertiary/aromatic N) is 2. The van der Waals surface area contributed by atoms with Gasteiger partial charge in [0.25, 0.3) is 0 Å². The number of hydrogen-bond acceptors (Lipinski definition) is 3. The average Bonchev–Trinajstić information content (AvgIpc) is 2.44. The highest BCUT2D eigenvalue weighted by atomic mass is 32.3. The number of fused-ring (bicyclic) bond motifs is 1. The van der Waals surface area contributed by atoms with Crippen molar-refractivity contribution in [2.24, 2.45) is 7.05 Å². The van der Waals surface area contributed by atoms with Crippen molar-refractivity contribution in [1.82, 2.24) is 9.55 Å². The van der Waals surface area contributed by atoms with Crippen molar-refractivity contribution in [3.8, 4) is 0 Å². The van der Waals surface area contributed by atoms with Crippen molar-refractivity contribution < 1.29 is 12.3 Å². The number of aromatic nitrogens is 2. The van der Waals surface area contributed by atoms with Crippen LogP contribution in [-0.4, -0.2) is 18.0 Å². The summed E-state index contributed by atoms with van der Waals surface area (Å²) in [7, 11) is -3.21. The molecule has 14 heavy (non-hydrogen) atoms. The fourth-order valence-electron chi connectivity index (χ4n) is 1.37. The number of rotatable bonds is 1. The molecule has 0 amide bonds. The molecule has 6 heteroatoms. The highest BCUT2D eigenvalue weighted by Crippen LogP contribution is 2.21. The van der Waals surface area contributed by atoms with Crippen LogP contribution in [0.3, 0.4) is 0 Å². The lowest BCUT2D eigenvalue weighted by Crippen LogP contribution is -2.00. The maximum Gasteiger partial charge on any atom is 0.347 e. The van der Waals surface area contributed by atoms with Gasteiger partial charge in [-0.3, -0.25) is 0 Å². The van der Waals surface area contributed by atoms with Gasteiger partial charge >= 0.3 is 10.2 Å². The third kappa shape index (κ3) is 1.27. The zero-order valence-electron chi connectivity index (χ0n) is 7.31. The molecule has 2 aromatic rings. The van der Waals surface area contributed by atoms with Gasteiger partial charge in [0.15, 0.2) is 5.03 Å². The quantitative estimate of drug-likeness (QED) is 0.671. The van der Waals surface area contributed by atoms with E-state index in [1.54, 1.807) is 12.1 Å². The van der Waals surface area contributed by atoms with Crippen molar-refractivity contribution in [3.63, 3.8) is 0 Å². The SMILES string of the molecule is Cn1c(S(=O)(=O)F)cc2cccnc21. The molecule has 74 valence electrons. The van der Waals surface area contributed by atoms with Crippen LogP contribution in [0, 0.1) is 0 Å². The molecule has 2 rings (SSSR count). The highest BCUT2D eigenvalue weighted by Gasteiger charge is 2.18. The lowest BCUT2D eigenvalue weighted by Gasteiger charge is -1.97. The summed E-state index contributed by atoms with van der Waals surface area (Å²) < 4.78 is 35.4. The summed E-state index contributed by atoms with van der Waals surface area (Å²) in [6.07, 6.45) is 1.52. The number of pyridine rings is 1. The largest absolute Gasteiger partial charge is 0.347 e. The zero-order valence-corrected chi connectivity index (χ0v) is 8.12. The maximum absolute atomic E-state index is 12.7. The van der Waals surface area contributed by atoms with Crippen LogP contribution in [0.25, 0.3) is 11.0 Å². The molecule has 4 nitrogen and oxygen atoms in total. The highest BCUT2D eigenvalue weighted by molar-refractivity contribution is 7.86. The summed E-state index contributed by atoms with van der Waals surface area (Å²) in [6, 6.07) is 4.60. The van der Waals surface area contributed by atoms with Crippen LogP contribution in [0.15, 0.2) is 29.4 Å². The van der Waals surface area contributed by atoms with Gasteiger partial charge in [0.05, 0.1) is 0 Å². The summed E-state index contributed by atoms with van der Waals surface area (Å²) in [5.41, 5.74) is 0.448. The predicted molar refractivity (Wildman–Crippen MR) is 49.0 cm³/mol. The Bertz CT molecular complexity index is 588. The summed E-state index contributed by atoms with van der Waals surface area (Å²) in [6.45, 7) is 0. The van der Waals surface area contributed by atoms with Crippen LogP contribution in [0.5, 0.6) is 0 Å². The van der Waals surface area contributed by atoms with Crippen LogP contribution in [0.1, 0.15) is 0 Å². The van der Waals surface area contributed by atoms with Crippen LogP contribution < -0.4 is 0 Å². The van der Waals surface area contributed by atoms with Gasteiger partial charge in [-0.1, -0.05) is 3.89 Å². The number of hydrogen-bond donors (Lipinski definition) is 0. The molecule has 0 aliphatic heterocycles. The number of halogens is 1. The molecule has 0 aliphatic rings. The molecule has 0 fully saturated rings.